The zero-order valence-corrected chi connectivity index (χ0v) is 16.3. The second-order valence-corrected chi connectivity index (χ2v) is 6.13. The first-order valence-electron chi connectivity index (χ1n) is 8.02. The van der Waals surface area contributed by atoms with E-state index in [1.54, 1.807) is 25.2 Å². The van der Waals surface area contributed by atoms with Crippen molar-refractivity contribution < 1.29 is 14.3 Å². The number of nitrogens with one attached hydrogen (secondary N) is 1. The lowest BCUT2D eigenvalue weighted by Crippen LogP contribution is -2.27. The van der Waals surface area contributed by atoms with Crippen LogP contribution in [0, 0.1) is 0 Å². The third kappa shape index (κ3) is 3.41. The molecule has 2 aromatic heterocycles. The van der Waals surface area contributed by atoms with Crippen LogP contribution in [0.1, 0.15) is 10.5 Å². The number of rotatable bonds is 5. The predicted molar refractivity (Wildman–Crippen MR) is 102 cm³/mol. The monoisotopic (exact) mass is 404 g/mol. The van der Waals surface area contributed by atoms with E-state index in [0.717, 1.165) is 4.68 Å². The quantitative estimate of drug-likeness (QED) is 0.685. The molecule has 0 unspecified atom stereocenters. The molecule has 3 aromatic rings. The van der Waals surface area contributed by atoms with Gasteiger partial charge in [-0.05, 0) is 17.7 Å². The molecular weight excluding hydrogens is 388 g/mol. The molecule has 0 aliphatic rings. The van der Waals surface area contributed by atoms with Crippen LogP contribution >= 0.6 is 11.6 Å². The van der Waals surface area contributed by atoms with Gasteiger partial charge in [-0.15, -0.1) is 10.2 Å². The molecule has 0 aliphatic carbocycles. The molecule has 1 amide bonds. The second kappa shape index (κ2) is 7.69. The van der Waals surface area contributed by atoms with E-state index in [9.17, 15) is 9.59 Å². The molecule has 10 nitrogen and oxygen atoms in total. The molecule has 1 N–H and O–H groups in total. The molecule has 0 bridgehead atoms. The Bertz CT molecular complexity index is 1110. The zero-order valence-electron chi connectivity index (χ0n) is 15.6. The van der Waals surface area contributed by atoms with Crippen LogP contribution in [-0.2, 0) is 14.1 Å². The van der Waals surface area contributed by atoms with Gasteiger partial charge < -0.3 is 14.0 Å². The summed E-state index contributed by atoms with van der Waals surface area (Å²) in [5.41, 5.74) is -0.0226. The van der Waals surface area contributed by atoms with Crippen LogP contribution in [0.25, 0.3) is 11.1 Å². The highest BCUT2D eigenvalue weighted by Crippen LogP contribution is 2.34. The van der Waals surface area contributed by atoms with Gasteiger partial charge in [-0.2, -0.15) is 5.10 Å². The maximum Gasteiger partial charge on any atom is 0.280 e. The summed E-state index contributed by atoms with van der Waals surface area (Å²) in [6.45, 7) is 0. The Balaban J connectivity index is 2.12. The van der Waals surface area contributed by atoms with E-state index in [2.05, 4.69) is 20.6 Å². The Morgan fingerprint density at radius 1 is 1.18 bits per heavy atom. The first-order valence-corrected chi connectivity index (χ1v) is 8.39. The summed E-state index contributed by atoms with van der Waals surface area (Å²) < 4.78 is 13.1. The van der Waals surface area contributed by atoms with Crippen molar-refractivity contribution in [1.82, 2.24) is 24.5 Å². The lowest BCUT2D eigenvalue weighted by molar-refractivity contribution is 0.101. The number of benzene rings is 1. The Labute approximate surface area is 164 Å². The average Bonchev–Trinajstić information content (AvgIpc) is 3.09. The van der Waals surface area contributed by atoms with Crippen LogP contribution in [0.15, 0.2) is 29.3 Å². The molecule has 0 saturated carbocycles. The summed E-state index contributed by atoms with van der Waals surface area (Å²) in [6.07, 6.45) is 1.43. The van der Waals surface area contributed by atoms with Gasteiger partial charge in [0.2, 0.25) is 5.95 Å². The minimum Gasteiger partial charge on any atom is -0.493 e. The third-order valence-corrected chi connectivity index (χ3v) is 4.38. The van der Waals surface area contributed by atoms with E-state index in [4.69, 9.17) is 21.1 Å². The van der Waals surface area contributed by atoms with E-state index in [0.29, 0.717) is 17.1 Å². The van der Waals surface area contributed by atoms with Gasteiger partial charge in [-0.25, -0.2) is 4.68 Å². The summed E-state index contributed by atoms with van der Waals surface area (Å²) in [6, 6.07) is 4.89. The van der Waals surface area contributed by atoms with Gasteiger partial charge in [0.05, 0.1) is 24.8 Å². The molecule has 0 spiro atoms. The molecule has 2 heterocycles. The first-order chi connectivity index (χ1) is 13.4. The number of halogens is 1. The lowest BCUT2D eigenvalue weighted by Gasteiger charge is -2.13. The van der Waals surface area contributed by atoms with Crippen LogP contribution in [0.2, 0.25) is 5.02 Å². The highest BCUT2D eigenvalue weighted by Gasteiger charge is 2.23. The minimum atomic E-state index is -0.626. The van der Waals surface area contributed by atoms with Crippen molar-refractivity contribution in [3.05, 3.63) is 45.6 Å². The van der Waals surface area contributed by atoms with E-state index < -0.39 is 11.5 Å². The van der Waals surface area contributed by atoms with E-state index >= 15 is 0 Å². The number of nitrogens with zero attached hydrogens (tertiary/aromatic N) is 5. The maximum atomic E-state index is 12.7. The van der Waals surface area contributed by atoms with Gasteiger partial charge >= 0.3 is 0 Å². The predicted octanol–water partition coefficient (Wildman–Crippen LogP) is 1.50. The van der Waals surface area contributed by atoms with Crippen LogP contribution in [0.5, 0.6) is 11.5 Å². The van der Waals surface area contributed by atoms with Gasteiger partial charge in [0.15, 0.2) is 17.2 Å². The van der Waals surface area contributed by atoms with Crippen molar-refractivity contribution in [1.29, 1.82) is 0 Å². The maximum absolute atomic E-state index is 12.7. The normalized spacial score (nSPS) is 10.6. The molecule has 11 heteroatoms. The number of carbonyl (C=O) groups is 1. The SMILES string of the molecule is COc1ccc(-c2c(Cl)c(C(=O)Nc3nncn3C)nn(C)c2=O)cc1OC. The number of aromatic nitrogens is 5. The highest BCUT2D eigenvalue weighted by atomic mass is 35.5. The number of hydrogen-bond donors (Lipinski definition) is 1. The van der Waals surface area contributed by atoms with Gasteiger partial charge in [0.25, 0.3) is 11.5 Å². The molecule has 0 aliphatic heterocycles. The number of methoxy groups -OCH3 is 2. The van der Waals surface area contributed by atoms with E-state index in [-0.39, 0.29) is 22.2 Å². The summed E-state index contributed by atoms with van der Waals surface area (Å²) in [4.78, 5) is 25.3. The minimum absolute atomic E-state index is 0.0880. The van der Waals surface area contributed by atoms with Crippen molar-refractivity contribution in [2.75, 3.05) is 19.5 Å². The largest absolute Gasteiger partial charge is 0.493 e. The smallest absolute Gasteiger partial charge is 0.280 e. The van der Waals surface area contributed by atoms with Gasteiger partial charge in [-0.1, -0.05) is 17.7 Å². The van der Waals surface area contributed by atoms with Crippen LogP contribution in [-0.4, -0.2) is 44.7 Å². The molecule has 1 aromatic carbocycles. The fourth-order valence-corrected chi connectivity index (χ4v) is 2.87. The Kier molecular flexibility index (Phi) is 5.32. The average molecular weight is 405 g/mol. The summed E-state index contributed by atoms with van der Waals surface area (Å²) in [5.74, 6) is 0.497. The number of anilines is 1. The van der Waals surface area contributed by atoms with Crippen molar-refractivity contribution in [3.63, 3.8) is 0 Å². The molecule has 28 heavy (non-hydrogen) atoms. The van der Waals surface area contributed by atoms with Crippen molar-refractivity contribution in [2.45, 2.75) is 0 Å². The number of hydrogen-bond acceptors (Lipinski definition) is 7. The Morgan fingerprint density at radius 2 is 1.89 bits per heavy atom. The van der Waals surface area contributed by atoms with Gasteiger partial charge in [0, 0.05) is 14.1 Å². The van der Waals surface area contributed by atoms with E-state index in [1.165, 1.54) is 32.2 Å². The van der Waals surface area contributed by atoms with Crippen LogP contribution < -0.4 is 20.3 Å². The third-order valence-electron chi connectivity index (χ3n) is 4.01. The lowest BCUT2D eigenvalue weighted by atomic mass is 10.1. The van der Waals surface area contributed by atoms with Crippen molar-refractivity contribution in [3.8, 4) is 22.6 Å². The molecule has 0 radical (unpaired) electrons. The number of ether oxygens (including phenoxy) is 2. The highest BCUT2D eigenvalue weighted by molar-refractivity contribution is 6.36. The summed E-state index contributed by atoms with van der Waals surface area (Å²) >= 11 is 6.41. The van der Waals surface area contributed by atoms with Crippen LogP contribution in [0.4, 0.5) is 5.95 Å². The molecule has 3 rings (SSSR count). The fourth-order valence-electron chi connectivity index (χ4n) is 2.56. The first kappa shape index (κ1) is 19.4. The summed E-state index contributed by atoms with van der Waals surface area (Å²) in [5, 5.41) is 13.9. The second-order valence-electron chi connectivity index (χ2n) is 5.76. The molecule has 146 valence electrons. The van der Waals surface area contributed by atoms with Crippen LogP contribution in [0.3, 0.4) is 0 Å². The Hall–Kier alpha value is -3.40. The topological polar surface area (TPSA) is 113 Å². The number of aryl methyl sites for hydroxylation is 2. The molecule has 0 saturated heterocycles. The van der Waals surface area contributed by atoms with Gasteiger partial charge in [0.1, 0.15) is 6.33 Å². The fraction of sp³-hybridized carbons (Fsp3) is 0.235. The van der Waals surface area contributed by atoms with Gasteiger partial charge in [-0.3, -0.25) is 14.9 Å². The summed E-state index contributed by atoms with van der Waals surface area (Å²) in [7, 11) is 6.08. The zero-order chi connectivity index (χ0) is 20.4. The standard InChI is InChI=1S/C17H17ClN6O4/c1-23-8-19-21-17(23)20-15(25)14-13(18)12(16(26)24(2)22-14)9-5-6-10(27-3)11(7-9)28-4/h5-8H,1-4H3,(H,20,21,25). The van der Waals surface area contributed by atoms with Crippen molar-refractivity contribution in [2.24, 2.45) is 14.1 Å². The Morgan fingerprint density at radius 3 is 2.50 bits per heavy atom. The molecule has 0 atom stereocenters. The van der Waals surface area contributed by atoms with E-state index in [1.807, 2.05) is 0 Å². The number of amides is 1. The van der Waals surface area contributed by atoms with Crippen molar-refractivity contribution >= 4 is 23.5 Å². The molecular formula is C17H17ClN6O4. The molecule has 0 fully saturated rings. The number of carbonyl (C=O) groups excluding carboxylic acids is 1.